The van der Waals surface area contributed by atoms with Crippen LogP contribution in [0.15, 0.2) is 46.3 Å². The van der Waals surface area contributed by atoms with Crippen LogP contribution in [0.5, 0.6) is 0 Å². The summed E-state index contributed by atoms with van der Waals surface area (Å²) in [6.07, 6.45) is 1.88. The second-order valence-corrected chi connectivity index (χ2v) is 12.1. The average molecular weight is 543 g/mol. The quantitative estimate of drug-likeness (QED) is 0.448. The first-order valence-electron chi connectivity index (χ1n) is 10.9. The fourth-order valence-corrected chi connectivity index (χ4v) is 7.47. The molecular weight excluding hydrogens is 517 g/mol. The fraction of sp³-hybridized carbons (Fsp3) is 0.391. The average Bonchev–Trinajstić information content (AvgIpc) is 3.14. The van der Waals surface area contributed by atoms with Gasteiger partial charge in [-0.3, -0.25) is 4.79 Å². The third-order valence-electron chi connectivity index (χ3n) is 5.77. The van der Waals surface area contributed by atoms with E-state index in [1.54, 1.807) is 19.2 Å². The maximum Gasteiger partial charge on any atom is 0.279 e. The monoisotopic (exact) mass is 541 g/mol. The van der Waals surface area contributed by atoms with E-state index in [4.69, 9.17) is 27.9 Å². The number of rotatable bonds is 6. The number of benzene rings is 2. The van der Waals surface area contributed by atoms with E-state index in [1.807, 2.05) is 4.57 Å². The summed E-state index contributed by atoms with van der Waals surface area (Å²) in [4.78, 5) is 17.9. The molecule has 7 nitrogen and oxygen atoms in total. The Kier molecular flexibility index (Phi) is 7.81. The topological polar surface area (TPSA) is 81.0 Å². The third-order valence-corrected chi connectivity index (χ3v) is 9.18. The molecule has 3 aromatic rings. The highest BCUT2D eigenvalue weighted by molar-refractivity contribution is 7.89. The van der Waals surface area contributed by atoms with Crippen molar-refractivity contribution in [3.05, 3.63) is 56.8 Å². The van der Waals surface area contributed by atoms with Crippen LogP contribution < -0.4 is 4.80 Å². The summed E-state index contributed by atoms with van der Waals surface area (Å²) in [6, 6.07) is 9.37. The van der Waals surface area contributed by atoms with E-state index in [0.29, 0.717) is 52.6 Å². The van der Waals surface area contributed by atoms with Gasteiger partial charge in [0.15, 0.2) is 4.80 Å². The summed E-state index contributed by atoms with van der Waals surface area (Å²) in [5.74, 6) is -0.145. The number of sulfonamides is 1. The zero-order valence-corrected chi connectivity index (χ0v) is 22.0. The van der Waals surface area contributed by atoms with Crippen molar-refractivity contribution in [1.29, 1.82) is 0 Å². The van der Waals surface area contributed by atoms with Gasteiger partial charge in [-0.15, -0.1) is 0 Å². The summed E-state index contributed by atoms with van der Waals surface area (Å²) >= 11 is 13.9. The highest BCUT2D eigenvalue weighted by Crippen LogP contribution is 2.30. The Bertz CT molecular complexity index is 1380. The van der Waals surface area contributed by atoms with E-state index in [0.717, 1.165) is 23.1 Å². The molecule has 1 unspecified atom stereocenters. The molecule has 1 amide bonds. The predicted octanol–water partition coefficient (Wildman–Crippen LogP) is 4.82. The molecule has 34 heavy (non-hydrogen) atoms. The van der Waals surface area contributed by atoms with Crippen LogP contribution in [0.1, 0.15) is 30.1 Å². The lowest BCUT2D eigenvalue weighted by atomic mass is 10.0. The van der Waals surface area contributed by atoms with Gasteiger partial charge in [0.05, 0.1) is 26.7 Å². The minimum atomic E-state index is -3.59. The smallest absolute Gasteiger partial charge is 0.279 e. The SMILES string of the molecule is COCCn1c(=NC(=O)c2ccc(S(=O)(=O)N3CCCC(C)C3)cc2)sc2cc(Cl)cc(Cl)c21. The molecule has 2 heterocycles. The van der Waals surface area contributed by atoms with Gasteiger partial charge in [0.1, 0.15) is 0 Å². The Morgan fingerprint density at radius 2 is 1.97 bits per heavy atom. The van der Waals surface area contributed by atoms with Crippen molar-refractivity contribution in [2.24, 2.45) is 10.9 Å². The Hall–Kier alpha value is -1.75. The fourth-order valence-electron chi connectivity index (χ4n) is 4.04. The molecule has 182 valence electrons. The standard InChI is InChI=1S/C23H25Cl2N3O4S2/c1-15-4-3-9-27(14-15)34(30,31)18-7-5-16(6-8-18)22(29)26-23-28(10-11-32-2)21-19(25)12-17(24)13-20(21)33-23/h5-8,12-13,15H,3-4,9-11,14H2,1-2H3. The summed E-state index contributed by atoms with van der Waals surface area (Å²) < 4.78 is 35.3. The lowest BCUT2D eigenvalue weighted by molar-refractivity contribution is 0.0997. The van der Waals surface area contributed by atoms with E-state index in [9.17, 15) is 13.2 Å². The molecule has 0 bridgehead atoms. The maximum atomic E-state index is 13.0. The van der Waals surface area contributed by atoms with Crippen LogP contribution in [0.25, 0.3) is 10.2 Å². The van der Waals surface area contributed by atoms with Gasteiger partial charge in [-0.25, -0.2) is 8.42 Å². The summed E-state index contributed by atoms with van der Waals surface area (Å²) in [5.41, 5.74) is 1.03. The van der Waals surface area contributed by atoms with Crippen molar-refractivity contribution in [2.45, 2.75) is 31.2 Å². The second kappa shape index (κ2) is 10.5. The molecule has 4 rings (SSSR count). The first-order valence-corrected chi connectivity index (χ1v) is 13.9. The van der Waals surface area contributed by atoms with E-state index in [2.05, 4.69) is 11.9 Å². The number of methoxy groups -OCH3 is 1. The third kappa shape index (κ3) is 5.24. The molecule has 0 saturated carbocycles. The van der Waals surface area contributed by atoms with Gasteiger partial charge in [0, 0.05) is 37.3 Å². The van der Waals surface area contributed by atoms with Gasteiger partial charge in [0.2, 0.25) is 10.0 Å². The van der Waals surface area contributed by atoms with Crippen LogP contribution in [0.4, 0.5) is 0 Å². The number of thiazole rings is 1. The van der Waals surface area contributed by atoms with Gasteiger partial charge in [-0.1, -0.05) is 41.5 Å². The Morgan fingerprint density at radius 1 is 1.24 bits per heavy atom. The molecule has 0 N–H and O–H groups in total. The van der Waals surface area contributed by atoms with E-state index < -0.39 is 15.9 Å². The Labute approximate surface area is 212 Å². The Balaban J connectivity index is 1.66. The number of ether oxygens (including phenoxy) is 1. The first-order chi connectivity index (χ1) is 16.2. The lowest BCUT2D eigenvalue weighted by Gasteiger charge is -2.30. The first kappa shape index (κ1) is 25.3. The van der Waals surface area contributed by atoms with Crippen LogP contribution in [-0.2, 0) is 21.3 Å². The molecule has 1 saturated heterocycles. The van der Waals surface area contributed by atoms with E-state index in [1.165, 1.54) is 39.9 Å². The molecule has 0 spiro atoms. The minimum absolute atomic E-state index is 0.177. The molecular formula is C23H25Cl2N3O4S2. The number of aromatic nitrogens is 1. The van der Waals surface area contributed by atoms with Crippen molar-refractivity contribution < 1.29 is 17.9 Å². The van der Waals surface area contributed by atoms with Gasteiger partial charge in [0.25, 0.3) is 5.91 Å². The highest BCUT2D eigenvalue weighted by atomic mass is 35.5. The molecule has 0 aliphatic carbocycles. The number of nitrogens with zero attached hydrogens (tertiary/aromatic N) is 3. The van der Waals surface area contributed by atoms with Crippen molar-refractivity contribution in [3.63, 3.8) is 0 Å². The van der Waals surface area contributed by atoms with E-state index in [-0.39, 0.29) is 4.90 Å². The zero-order valence-electron chi connectivity index (χ0n) is 18.8. The lowest BCUT2D eigenvalue weighted by Crippen LogP contribution is -2.39. The number of carbonyl (C=O) groups is 1. The molecule has 1 atom stereocenters. The van der Waals surface area contributed by atoms with Crippen LogP contribution in [0.3, 0.4) is 0 Å². The van der Waals surface area contributed by atoms with Gasteiger partial charge in [-0.2, -0.15) is 9.30 Å². The van der Waals surface area contributed by atoms with Crippen molar-refractivity contribution >= 4 is 60.7 Å². The molecule has 0 radical (unpaired) electrons. The highest BCUT2D eigenvalue weighted by Gasteiger charge is 2.28. The number of hydrogen-bond acceptors (Lipinski definition) is 5. The molecule has 1 aliphatic rings. The van der Waals surface area contributed by atoms with Gasteiger partial charge >= 0.3 is 0 Å². The maximum absolute atomic E-state index is 13.0. The van der Waals surface area contributed by atoms with Crippen molar-refractivity contribution in [2.75, 3.05) is 26.8 Å². The summed E-state index contributed by atoms with van der Waals surface area (Å²) in [5, 5.41) is 0.959. The zero-order chi connectivity index (χ0) is 24.5. The molecule has 11 heteroatoms. The number of hydrogen-bond donors (Lipinski definition) is 0. The summed E-state index contributed by atoms with van der Waals surface area (Å²) in [6.45, 7) is 3.95. The van der Waals surface area contributed by atoms with Gasteiger partial charge < -0.3 is 9.30 Å². The second-order valence-electron chi connectivity index (χ2n) is 8.32. The molecule has 1 aliphatic heterocycles. The number of amides is 1. The Morgan fingerprint density at radius 3 is 2.65 bits per heavy atom. The van der Waals surface area contributed by atoms with Crippen molar-refractivity contribution in [1.82, 2.24) is 8.87 Å². The van der Waals surface area contributed by atoms with Crippen LogP contribution >= 0.6 is 34.5 Å². The molecule has 1 fully saturated rings. The van der Waals surface area contributed by atoms with Crippen LogP contribution in [-0.4, -0.2) is 50.0 Å². The number of piperidine rings is 1. The number of halogens is 2. The van der Waals surface area contributed by atoms with Crippen LogP contribution in [0.2, 0.25) is 10.0 Å². The minimum Gasteiger partial charge on any atom is -0.383 e. The predicted molar refractivity (Wildman–Crippen MR) is 135 cm³/mol. The molecule has 2 aromatic carbocycles. The summed E-state index contributed by atoms with van der Waals surface area (Å²) in [7, 11) is -2.00. The molecule has 1 aromatic heterocycles. The van der Waals surface area contributed by atoms with Crippen molar-refractivity contribution in [3.8, 4) is 0 Å². The van der Waals surface area contributed by atoms with E-state index >= 15 is 0 Å². The van der Waals surface area contributed by atoms with Crippen LogP contribution in [0, 0.1) is 5.92 Å². The van der Waals surface area contributed by atoms with Gasteiger partial charge in [-0.05, 0) is 55.2 Å². The normalized spacial score (nSPS) is 18.0. The largest absolute Gasteiger partial charge is 0.383 e. The number of fused-ring (bicyclic) bond motifs is 1. The number of carbonyl (C=O) groups excluding carboxylic acids is 1.